The van der Waals surface area contributed by atoms with E-state index in [1.54, 1.807) is 0 Å². The fraction of sp³-hybridized carbons (Fsp3) is 0.692. The lowest BCUT2D eigenvalue weighted by Crippen LogP contribution is -2.39. The molecule has 2 saturated heterocycles. The number of ether oxygens (including phenoxy) is 1. The summed E-state index contributed by atoms with van der Waals surface area (Å²) in [6.07, 6.45) is 4.68. The summed E-state index contributed by atoms with van der Waals surface area (Å²) in [6.45, 7) is 6.30. The van der Waals surface area contributed by atoms with Crippen LogP contribution in [-0.2, 0) is 14.3 Å². The van der Waals surface area contributed by atoms with Crippen LogP contribution in [0.5, 0.6) is 0 Å². The number of rotatable bonds is 2. The van der Waals surface area contributed by atoms with E-state index in [0.717, 1.165) is 6.42 Å². The zero-order valence-corrected chi connectivity index (χ0v) is 10.4. The van der Waals surface area contributed by atoms with Gasteiger partial charge >= 0.3 is 0 Å². The standard InChI is InChI=1S/C13H17NO3/c1-4-7-14-10(15)8-9(11(14)16)13(3)6-5-12(8,2)17-13/h5-6,8-9H,4,7H2,1-3H3/t8-,9+,12-,13+. The van der Waals surface area contributed by atoms with E-state index in [-0.39, 0.29) is 23.7 Å². The summed E-state index contributed by atoms with van der Waals surface area (Å²) in [5.41, 5.74) is -1.18. The Balaban J connectivity index is 2.04. The van der Waals surface area contributed by atoms with Crippen molar-refractivity contribution in [3.63, 3.8) is 0 Å². The molecule has 0 N–H and O–H groups in total. The van der Waals surface area contributed by atoms with Crippen LogP contribution < -0.4 is 0 Å². The van der Waals surface area contributed by atoms with Gasteiger partial charge in [-0.25, -0.2) is 0 Å². The minimum Gasteiger partial charge on any atom is -0.359 e. The Kier molecular flexibility index (Phi) is 1.93. The summed E-state index contributed by atoms with van der Waals surface area (Å²) in [4.78, 5) is 26.0. The monoisotopic (exact) mass is 235 g/mol. The van der Waals surface area contributed by atoms with Gasteiger partial charge in [0.05, 0.1) is 23.0 Å². The van der Waals surface area contributed by atoms with Crippen LogP contribution in [0.1, 0.15) is 27.2 Å². The molecule has 4 nitrogen and oxygen atoms in total. The molecule has 2 bridgehead atoms. The van der Waals surface area contributed by atoms with Crippen LogP contribution in [0.3, 0.4) is 0 Å². The van der Waals surface area contributed by atoms with Crippen molar-refractivity contribution in [3.05, 3.63) is 12.2 Å². The number of likely N-dealkylation sites (tertiary alicyclic amines) is 1. The minimum atomic E-state index is -0.589. The first kappa shape index (κ1) is 11.0. The average Bonchev–Trinajstić information content (AvgIpc) is 2.78. The highest BCUT2D eigenvalue weighted by Crippen LogP contribution is 2.56. The summed E-state index contributed by atoms with van der Waals surface area (Å²) in [5, 5.41) is 0. The summed E-state index contributed by atoms with van der Waals surface area (Å²) in [7, 11) is 0. The molecule has 92 valence electrons. The first-order valence-electron chi connectivity index (χ1n) is 6.19. The zero-order chi connectivity index (χ0) is 12.4. The number of imide groups is 1. The molecule has 0 radical (unpaired) electrons. The van der Waals surface area contributed by atoms with Gasteiger partial charge in [0.1, 0.15) is 0 Å². The SMILES string of the molecule is CCCN1C(=O)[C@@H]2[C@H](C1=O)[C@@]1(C)C=C[C@]2(C)O1. The maximum Gasteiger partial charge on any atom is 0.236 e. The first-order chi connectivity index (χ1) is 7.93. The van der Waals surface area contributed by atoms with Gasteiger partial charge in [0.15, 0.2) is 0 Å². The Bertz CT molecular complexity index is 408. The van der Waals surface area contributed by atoms with E-state index in [2.05, 4.69) is 0 Å². The summed E-state index contributed by atoms with van der Waals surface area (Å²) >= 11 is 0. The molecule has 3 aliphatic heterocycles. The van der Waals surface area contributed by atoms with E-state index in [4.69, 9.17) is 4.74 Å². The number of amides is 2. The van der Waals surface area contributed by atoms with Crippen molar-refractivity contribution in [2.75, 3.05) is 6.54 Å². The molecule has 3 aliphatic rings. The molecule has 3 heterocycles. The van der Waals surface area contributed by atoms with Crippen molar-refractivity contribution in [1.82, 2.24) is 4.90 Å². The molecule has 0 saturated carbocycles. The van der Waals surface area contributed by atoms with Gasteiger partial charge in [-0.3, -0.25) is 14.5 Å². The van der Waals surface area contributed by atoms with Gasteiger partial charge in [-0.2, -0.15) is 0 Å². The molecule has 0 aromatic carbocycles. The van der Waals surface area contributed by atoms with Crippen molar-refractivity contribution < 1.29 is 14.3 Å². The summed E-state index contributed by atoms with van der Waals surface area (Å²) in [5.74, 6) is -0.761. The van der Waals surface area contributed by atoms with Gasteiger partial charge in [0.25, 0.3) is 0 Å². The van der Waals surface area contributed by atoms with Crippen LogP contribution in [0.4, 0.5) is 0 Å². The fourth-order valence-electron chi connectivity index (χ4n) is 3.53. The maximum atomic E-state index is 12.3. The number of hydrogen-bond acceptors (Lipinski definition) is 3. The third-order valence-electron chi connectivity index (χ3n) is 4.26. The molecule has 0 aromatic rings. The Morgan fingerprint density at radius 3 is 2.06 bits per heavy atom. The van der Waals surface area contributed by atoms with E-state index >= 15 is 0 Å². The van der Waals surface area contributed by atoms with E-state index in [9.17, 15) is 9.59 Å². The molecular weight excluding hydrogens is 218 g/mol. The average molecular weight is 235 g/mol. The van der Waals surface area contributed by atoms with Crippen LogP contribution in [-0.4, -0.2) is 34.5 Å². The van der Waals surface area contributed by atoms with E-state index in [0.29, 0.717) is 6.54 Å². The Hall–Kier alpha value is -1.16. The lowest BCUT2D eigenvalue weighted by Gasteiger charge is -2.25. The third kappa shape index (κ3) is 1.12. The van der Waals surface area contributed by atoms with E-state index < -0.39 is 11.2 Å². The molecule has 4 atom stereocenters. The van der Waals surface area contributed by atoms with Gasteiger partial charge in [0.2, 0.25) is 11.8 Å². The molecule has 0 spiro atoms. The second kappa shape index (κ2) is 2.99. The number of carbonyl (C=O) groups excluding carboxylic acids is 2. The van der Waals surface area contributed by atoms with Gasteiger partial charge < -0.3 is 4.74 Å². The second-order valence-electron chi connectivity index (χ2n) is 5.59. The fourth-order valence-corrected chi connectivity index (χ4v) is 3.53. The summed E-state index contributed by atoms with van der Waals surface area (Å²) < 4.78 is 5.90. The molecule has 3 rings (SSSR count). The van der Waals surface area contributed by atoms with Gasteiger partial charge in [-0.15, -0.1) is 0 Å². The smallest absolute Gasteiger partial charge is 0.236 e. The van der Waals surface area contributed by atoms with Crippen molar-refractivity contribution in [2.45, 2.75) is 38.4 Å². The zero-order valence-electron chi connectivity index (χ0n) is 10.4. The predicted molar refractivity (Wildman–Crippen MR) is 61.0 cm³/mol. The lowest BCUT2D eigenvalue weighted by atomic mass is 9.73. The van der Waals surface area contributed by atoms with Crippen molar-refractivity contribution in [2.24, 2.45) is 11.8 Å². The predicted octanol–water partition coefficient (Wildman–Crippen LogP) is 1.11. The quantitative estimate of drug-likeness (QED) is 0.532. The first-order valence-corrected chi connectivity index (χ1v) is 6.19. The normalized spacial score (nSPS) is 47.1. The van der Waals surface area contributed by atoms with Crippen LogP contribution in [0, 0.1) is 11.8 Å². The number of carbonyl (C=O) groups is 2. The third-order valence-corrected chi connectivity index (χ3v) is 4.26. The van der Waals surface area contributed by atoms with E-state index in [1.807, 2.05) is 32.9 Å². The van der Waals surface area contributed by atoms with Crippen LogP contribution >= 0.6 is 0 Å². The minimum absolute atomic E-state index is 0.0579. The number of hydrogen-bond donors (Lipinski definition) is 0. The van der Waals surface area contributed by atoms with Crippen LogP contribution in [0.15, 0.2) is 12.2 Å². The molecule has 2 amide bonds. The molecule has 4 heteroatoms. The molecule has 0 aromatic heterocycles. The topological polar surface area (TPSA) is 46.6 Å². The Morgan fingerprint density at radius 2 is 1.65 bits per heavy atom. The second-order valence-corrected chi connectivity index (χ2v) is 5.59. The molecule has 0 unspecified atom stereocenters. The lowest BCUT2D eigenvalue weighted by molar-refractivity contribution is -0.146. The highest BCUT2D eigenvalue weighted by molar-refractivity contribution is 6.07. The number of nitrogens with zero attached hydrogens (tertiary/aromatic N) is 1. The Labute approximate surface area is 101 Å². The molecule has 17 heavy (non-hydrogen) atoms. The van der Waals surface area contributed by atoms with Crippen molar-refractivity contribution >= 4 is 11.8 Å². The van der Waals surface area contributed by atoms with E-state index in [1.165, 1.54) is 4.90 Å². The van der Waals surface area contributed by atoms with Gasteiger partial charge in [-0.05, 0) is 20.3 Å². The highest BCUT2D eigenvalue weighted by Gasteiger charge is 2.70. The largest absolute Gasteiger partial charge is 0.359 e. The maximum absolute atomic E-state index is 12.3. The highest BCUT2D eigenvalue weighted by atomic mass is 16.5. The van der Waals surface area contributed by atoms with Crippen LogP contribution in [0.2, 0.25) is 0 Å². The number of fused-ring (bicyclic) bond motifs is 5. The molecular formula is C13H17NO3. The van der Waals surface area contributed by atoms with Gasteiger partial charge in [0, 0.05) is 6.54 Å². The molecule has 0 aliphatic carbocycles. The Morgan fingerprint density at radius 1 is 1.18 bits per heavy atom. The van der Waals surface area contributed by atoms with Crippen LogP contribution in [0.25, 0.3) is 0 Å². The van der Waals surface area contributed by atoms with Crippen molar-refractivity contribution in [3.8, 4) is 0 Å². The van der Waals surface area contributed by atoms with Crippen molar-refractivity contribution in [1.29, 1.82) is 0 Å². The molecule has 2 fully saturated rings. The summed E-state index contributed by atoms with van der Waals surface area (Å²) in [6, 6.07) is 0. The van der Waals surface area contributed by atoms with Gasteiger partial charge in [-0.1, -0.05) is 19.1 Å².